The minimum absolute atomic E-state index is 0.225. The Balaban J connectivity index is 1.75. The zero-order valence-corrected chi connectivity index (χ0v) is 14.2. The molecule has 0 aliphatic heterocycles. The molecule has 4 nitrogen and oxygen atoms in total. The maximum absolute atomic E-state index is 11.9. The van der Waals surface area contributed by atoms with Crippen molar-refractivity contribution in [3.05, 3.63) is 58.7 Å². The average Bonchev–Trinajstić information content (AvgIpc) is 2.49. The summed E-state index contributed by atoms with van der Waals surface area (Å²) < 4.78 is 5.68. The van der Waals surface area contributed by atoms with Gasteiger partial charge in [-0.25, -0.2) is 4.79 Å². The second kappa shape index (κ2) is 7.68. The van der Waals surface area contributed by atoms with E-state index in [4.69, 9.17) is 4.74 Å². The lowest BCUT2D eigenvalue weighted by Crippen LogP contribution is -2.32. The van der Waals surface area contributed by atoms with E-state index in [1.807, 2.05) is 51.1 Å². The van der Waals surface area contributed by atoms with E-state index in [2.05, 4.69) is 23.6 Å². The van der Waals surface area contributed by atoms with Gasteiger partial charge in [-0.3, -0.25) is 0 Å². The Morgan fingerprint density at radius 3 is 2.43 bits per heavy atom. The maximum atomic E-state index is 11.9. The molecule has 2 rings (SSSR count). The van der Waals surface area contributed by atoms with Gasteiger partial charge < -0.3 is 15.4 Å². The Kier molecular flexibility index (Phi) is 5.63. The van der Waals surface area contributed by atoms with Crippen LogP contribution in [0.4, 0.5) is 10.5 Å². The van der Waals surface area contributed by atoms with Crippen LogP contribution in [0.25, 0.3) is 0 Å². The highest BCUT2D eigenvalue weighted by molar-refractivity contribution is 5.89. The Labute approximate surface area is 137 Å². The van der Waals surface area contributed by atoms with Crippen molar-refractivity contribution in [3.8, 4) is 5.75 Å². The number of aryl methyl sites for hydroxylation is 4. The van der Waals surface area contributed by atoms with Crippen LogP contribution < -0.4 is 15.4 Å². The number of ether oxygens (including phenoxy) is 1. The fourth-order valence-electron chi connectivity index (χ4n) is 2.28. The first-order valence-electron chi connectivity index (χ1n) is 7.78. The van der Waals surface area contributed by atoms with Crippen LogP contribution in [0, 0.1) is 27.7 Å². The van der Waals surface area contributed by atoms with E-state index >= 15 is 0 Å². The lowest BCUT2D eigenvalue weighted by molar-refractivity contribution is 0.247. The molecule has 0 saturated carbocycles. The summed E-state index contributed by atoms with van der Waals surface area (Å²) in [6, 6.07) is 11.7. The highest BCUT2D eigenvalue weighted by Crippen LogP contribution is 2.18. The molecule has 0 aliphatic carbocycles. The third kappa shape index (κ3) is 5.02. The molecule has 2 aromatic carbocycles. The predicted octanol–water partition coefficient (Wildman–Crippen LogP) is 4.12. The van der Waals surface area contributed by atoms with Crippen molar-refractivity contribution in [2.45, 2.75) is 27.7 Å². The molecule has 0 radical (unpaired) electrons. The maximum Gasteiger partial charge on any atom is 0.319 e. The van der Waals surface area contributed by atoms with Gasteiger partial charge in [0.05, 0.1) is 6.54 Å². The second-order valence-corrected chi connectivity index (χ2v) is 5.80. The monoisotopic (exact) mass is 312 g/mol. The van der Waals surface area contributed by atoms with Crippen LogP contribution in [0.15, 0.2) is 36.4 Å². The van der Waals surface area contributed by atoms with Crippen molar-refractivity contribution < 1.29 is 9.53 Å². The van der Waals surface area contributed by atoms with Gasteiger partial charge in [-0.2, -0.15) is 0 Å². The molecule has 0 atom stereocenters. The Morgan fingerprint density at radius 2 is 1.74 bits per heavy atom. The number of nitrogens with one attached hydrogen (secondary N) is 2. The van der Waals surface area contributed by atoms with Gasteiger partial charge >= 0.3 is 6.03 Å². The summed E-state index contributed by atoms with van der Waals surface area (Å²) in [4.78, 5) is 11.9. The molecule has 0 bridgehead atoms. The normalized spacial score (nSPS) is 10.3. The van der Waals surface area contributed by atoms with Crippen molar-refractivity contribution in [1.29, 1.82) is 0 Å². The number of hydrogen-bond donors (Lipinski definition) is 2. The standard InChI is InChI=1S/C19H24N2O2/c1-13-5-8-18(16(4)11-13)23-10-9-20-19(22)21-17-7-6-14(2)15(3)12-17/h5-8,11-12H,9-10H2,1-4H3,(H2,20,21,22). The molecule has 2 N–H and O–H groups in total. The summed E-state index contributed by atoms with van der Waals surface area (Å²) in [6.07, 6.45) is 0. The average molecular weight is 312 g/mol. The van der Waals surface area contributed by atoms with Gasteiger partial charge in [0.25, 0.3) is 0 Å². The number of rotatable bonds is 5. The first-order chi connectivity index (χ1) is 11.0. The quantitative estimate of drug-likeness (QED) is 0.816. The summed E-state index contributed by atoms with van der Waals surface area (Å²) in [6.45, 7) is 9.02. The summed E-state index contributed by atoms with van der Waals surface area (Å²) in [5.41, 5.74) is 5.46. The van der Waals surface area contributed by atoms with Crippen LogP contribution in [0.5, 0.6) is 5.75 Å². The Bertz CT molecular complexity index is 696. The number of anilines is 1. The third-order valence-electron chi connectivity index (χ3n) is 3.74. The van der Waals surface area contributed by atoms with E-state index in [0.717, 1.165) is 22.6 Å². The molecule has 0 spiro atoms. The van der Waals surface area contributed by atoms with Crippen molar-refractivity contribution in [1.82, 2.24) is 5.32 Å². The number of urea groups is 1. The van der Waals surface area contributed by atoms with Crippen LogP contribution in [0.3, 0.4) is 0 Å². The van der Waals surface area contributed by atoms with Crippen LogP contribution in [0.2, 0.25) is 0 Å². The minimum Gasteiger partial charge on any atom is -0.491 e. The Hall–Kier alpha value is -2.49. The lowest BCUT2D eigenvalue weighted by Gasteiger charge is -2.11. The molecule has 0 heterocycles. The van der Waals surface area contributed by atoms with Crippen LogP contribution in [-0.2, 0) is 0 Å². The number of carbonyl (C=O) groups is 1. The molecule has 122 valence electrons. The van der Waals surface area contributed by atoms with Gasteiger partial charge in [0.15, 0.2) is 0 Å². The largest absolute Gasteiger partial charge is 0.491 e. The molecule has 23 heavy (non-hydrogen) atoms. The van der Waals surface area contributed by atoms with Crippen molar-refractivity contribution in [3.63, 3.8) is 0 Å². The van der Waals surface area contributed by atoms with Gasteiger partial charge in [-0.05, 0) is 62.6 Å². The summed E-state index contributed by atoms with van der Waals surface area (Å²) in [5, 5.41) is 5.61. The predicted molar refractivity (Wildman–Crippen MR) is 94.3 cm³/mol. The van der Waals surface area contributed by atoms with Crippen molar-refractivity contribution in [2.24, 2.45) is 0 Å². The SMILES string of the molecule is Cc1ccc(OCCNC(=O)Nc2ccc(C)c(C)c2)c(C)c1. The van der Waals surface area contributed by atoms with Crippen molar-refractivity contribution in [2.75, 3.05) is 18.5 Å². The fraction of sp³-hybridized carbons (Fsp3) is 0.316. The van der Waals surface area contributed by atoms with Gasteiger partial charge in [-0.1, -0.05) is 23.8 Å². The summed E-state index contributed by atoms with van der Waals surface area (Å²) in [5.74, 6) is 0.854. The van der Waals surface area contributed by atoms with Crippen LogP contribution >= 0.6 is 0 Å². The third-order valence-corrected chi connectivity index (χ3v) is 3.74. The molecular weight excluding hydrogens is 288 g/mol. The smallest absolute Gasteiger partial charge is 0.319 e. The lowest BCUT2D eigenvalue weighted by atomic mass is 10.1. The number of amides is 2. The Morgan fingerprint density at radius 1 is 0.957 bits per heavy atom. The van der Waals surface area contributed by atoms with E-state index in [9.17, 15) is 4.79 Å². The molecular formula is C19H24N2O2. The summed E-state index contributed by atoms with van der Waals surface area (Å²) >= 11 is 0. The fourth-order valence-corrected chi connectivity index (χ4v) is 2.28. The number of hydrogen-bond acceptors (Lipinski definition) is 2. The van der Waals surface area contributed by atoms with E-state index in [0.29, 0.717) is 13.2 Å². The zero-order valence-electron chi connectivity index (χ0n) is 14.2. The van der Waals surface area contributed by atoms with Gasteiger partial charge in [-0.15, -0.1) is 0 Å². The number of benzene rings is 2. The molecule has 2 amide bonds. The van der Waals surface area contributed by atoms with Crippen LogP contribution in [-0.4, -0.2) is 19.2 Å². The minimum atomic E-state index is -0.225. The highest BCUT2D eigenvalue weighted by Gasteiger charge is 2.03. The second-order valence-electron chi connectivity index (χ2n) is 5.80. The molecule has 0 aliphatic rings. The highest BCUT2D eigenvalue weighted by atomic mass is 16.5. The van der Waals surface area contributed by atoms with Gasteiger partial charge in [0.1, 0.15) is 12.4 Å². The van der Waals surface area contributed by atoms with Gasteiger partial charge in [0.2, 0.25) is 0 Å². The van der Waals surface area contributed by atoms with Crippen LogP contribution in [0.1, 0.15) is 22.3 Å². The zero-order chi connectivity index (χ0) is 16.8. The van der Waals surface area contributed by atoms with E-state index in [-0.39, 0.29) is 6.03 Å². The van der Waals surface area contributed by atoms with E-state index in [1.165, 1.54) is 11.1 Å². The molecule has 0 fully saturated rings. The van der Waals surface area contributed by atoms with Crippen molar-refractivity contribution >= 4 is 11.7 Å². The first-order valence-corrected chi connectivity index (χ1v) is 7.78. The molecule has 4 heteroatoms. The van der Waals surface area contributed by atoms with E-state index in [1.54, 1.807) is 0 Å². The van der Waals surface area contributed by atoms with Gasteiger partial charge in [0, 0.05) is 5.69 Å². The molecule has 0 saturated heterocycles. The molecule has 0 unspecified atom stereocenters. The first kappa shape index (κ1) is 16.9. The van der Waals surface area contributed by atoms with E-state index < -0.39 is 0 Å². The number of carbonyl (C=O) groups excluding carboxylic acids is 1. The molecule has 2 aromatic rings. The molecule has 0 aromatic heterocycles. The summed E-state index contributed by atoms with van der Waals surface area (Å²) in [7, 11) is 0. The topological polar surface area (TPSA) is 50.4 Å².